The lowest BCUT2D eigenvalue weighted by molar-refractivity contribution is -0.301. The summed E-state index contributed by atoms with van der Waals surface area (Å²) in [5.74, 6) is -0.418. The highest BCUT2D eigenvalue weighted by molar-refractivity contribution is 7.80. The zero-order valence-corrected chi connectivity index (χ0v) is 38.3. The zero-order valence-electron chi connectivity index (χ0n) is 37.4. The molecule has 6 unspecified atom stereocenters. The molecular weight excluding hydrogens is 801 g/mol. The Balaban J connectivity index is 2.41. The van der Waals surface area contributed by atoms with Gasteiger partial charge in [-0.3, -0.25) is 9.35 Å². The summed E-state index contributed by atoms with van der Waals surface area (Å²) in [4.78, 5) is 12.8. The topological polar surface area (TPSA) is 178 Å². The molecule has 12 nitrogen and oxygen atoms in total. The smallest absolute Gasteiger partial charge is 0.397 e. The predicted octanol–water partition coefficient (Wildman–Crippen LogP) is 9.91. The Hall–Kier alpha value is -2.46. The molecule has 1 fully saturated rings. The third-order valence-electron chi connectivity index (χ3n) is 10.1. The van der Waals surface area contributed by atoms with Gasteiger partial charge in [-0.2, -0.15) is 8.42 Å². The number of ether oxygens (including phenoxy) is 4. The van der Waals surface area contributed by atoms with Crippen molar-refractivity contribution in [1.29, 1.82) is 0 Å². The lowest BCUT2D eigenvalue weighted by atomic mass is 9.99. The van der Waals surface area contributed by atoms with E-state index < -0.39 is 59.8 Å². The number of carbonyl (C=O) groups is 1. The summed E-state index contributed by atoms with van der Waals surface area (Å²) in [5.41, 5.74) is 0. The van der Waals surface area contributed by atoms with E-state index in [4.69, 9.17) is 23.5 Å². The molecule has 4 N–H and O–H groups in total. The van der Waals surface area contributed by atoms with Gasteiger partial charge in [0, 0.05) is 13.0 Å². The first-order valence-corrected chi connectivity index (χ1v) is 24.6. The summed E-state index contributed by atoms with van der Waals surface area (Å²) >= 11 is 0. The molecule has 1 aliphatic rings. The molecule has 352 valence electrons. The van der Waals surface area contributed by atoms with Crippen LogP contribution in [0.3, 0.4) is 0 Å². The Morgan fingerprint density at radius 2 is 1.13 bits per heavy atom. The number of aliphatic hydroxyl groups is 3. The second kappa shape index (κ2) is 39.2. The van der Waals surface area contributed by atoms with Gasteiger partial charge in [0.05, 0.1) is 19.8 Å². The fourth-order valence-corrected chi connectivity index (χ4v) is 7.08. The van der Waals surface area contributed by atoms with E-state index >= 15 is 0 Å². The van der Waals surface area contributed by atoms with Gasteiger partial charge in [0.15, 0.2) is 6.29 Å². The minimum absolute atomic E-state index is 0.0186. The van der Waals surface area contributed by atoms with Crippen molar-refractivity contribution in [3.63, 3.8) is 0 Å². The Morgan fingerprint density at radius 1 is 0.639 bits per heavy atom. The lowest BCUT2D eigenvalue weighted by Crippen LogP contribution is -2.60. The van der Waals surface area contributed by atoms with Crippen LogP contribution in [0.15, 0.2) is 72.9 Å². The van der Waals surface area contributed by atoms with Crippen molar-refractivity contribution in [3.05, 3.63) is 72.9 Å². The summed E-state index contributed by atoms with van der Waals surface area (Å²) < 4.78 is 59.0. The number of unbranched alkanes of at least 4 members (excludes halogenated alkanes) is 14. The highest BCUT2D eigenvalue weighted by Crippen LogP contribution is 2.26. The maximum Gasteiger partial charge on any atom is 0.397 e. The van der Waals surface area contributed by atoms with Gasteiger partial charge in [0.2, 0.25) is 0 Å². The summed E-state index contributed by atoms with van der Waals surface area (Å²) in [6, 6.07) is 0. The molecule has 0 radical (unpaired) electrons. The maximum atomic E-state index is 12.8. The first kappa shape index (κ1) is 56.6. The molecule has 0 bridgehead atoms. The number of hydrogen-bond acceptors (Lipinski definition) is 11. The summed E-state index contributed by atoms with van der Waals surface area (Å²) in [6.07, 6.45) is 40.8. The zero-order chi connectivity index (χ0) is 44.7. The van der Waals surface area contributed by atoms with E-state index in [0.717, 1.165) is 109 Å². The number of rotatable bonds is 39. The molecule has 1 saturated heterocycles. The molecule has 0 aromatic rings. The van der Waals surface area contributed by atoms with Gasteiger partial charge in [-0.05, 0) is 83.5 Å². The minimum Gasteiger partial charge on any atom is -0.457 e. The molecule has 1 heterocycles. The predicted molar refractivity (Wildman–Crippen MR) is 243 cm³/mol. The van der Waals surface area contributed by atoms with E-state index in [0.29, 0.717) is 13.0 Å². The standard InChI is InChI=1S/C48H82O12S/c1-3-5-7-9-11-13-15-17-18-19-20-21-22-23-24-25-26-28-30-32-34-36-38-56-40-42(58-44(50)37-35-33-31-29-27-16-14-12-10-8-6-4-2)41-57-48-46(52)47(60-61(53,54)55)45(51)43(39-49)59-48/h5,7,11-14,17-18,20-21,23-24,42-43,45-49,51-52H,3-4,6,8-10,15-16,19,22,25-41H2,1-2H3,(H,53,54,55)/b7-5-,13-11-,14-12-,18-17-,21-20-,24-23-. The molecule has 0 aliphatic carbocycles. The van der Waals surface area contributed by atoms with Crippen molar-refractivity contribution in [3.8, 4) is 0 Å². The van der Waals surface area contributed by atoms with Crippen LogP contribution in [-0.4, -0.2) is 97.5 Å². The monoisotopic (exact) mass is 883 g/mol. The van der Waals surface area contributed by atoms with E-state index in [-0.39, 0.29) is 19.6 Å². The highest BCUT2D eigenvalue weighted by atomic mass is 32.3. The van der Waals surface area contributed by atoms with E-state index in [9.17, 15) is 28.5 Å². The fourth-order valence-electron chi connectivity index (χ4n) is 6.57. The number of aliphatic hydroxyl groups excluding tert-OH is 3. The van der Waals surface area contributed by atoms with E-state index in [1.54, 1.807) is 0 Å². The van der Waals surface area contributed by atoms with E-state index in [1.165, 1.54) is 25.7 Å². The second-order valence-electron chi connectivity index (χ2n) is 15.6. The van der Waals surface area contributed by atoms with Gasteiger partial charge in [0.25, 0.3) is 0 Å². The van der Waals surface area contributed by atoms with Crippen LogP contribution in [0, 0.1) is 0 Å². The minimum atomic E-state index is -5.07. The van der Waals surface area contributed by atoms with E-state index in [1.807, 2.05) is 0 Å². The second-order valence-corrected chi connectivity index (χ2v) is 16.7. The Bertz CT molecular complexity index is 1340. The van der Waals surface area contributed by atoms with Crippen molar-refractivity contribution in [1.82, 2.24) is 0 Å². The lowest BCUT2D eigenvalue weighted by Gasteiger charge is -2.41. The van der Waals surface area contributed by atoms with Crippen LogP contribution in [0.4, 0.5) is 0 Å². The molecule has 0 amide bonds. The van der Waals surface area contributed by atoms with Crippen LogP contribution in [-0.2, 0) is 38.3 Å². The molecule has 61 heavy (non-hydrogen) atoms. The average molecular weight is 883 g/mol. The summed E-state index contributed by atoms with van der Waals surface area (Å²) in [5, 5.41) is 30.7. The van der Waals surface area contributed by atoms with Crippen LogP contribution >= 0.6 is 0 Å². The molecule has 1 aliphatic heterocycles. The third-order valence-corrected chi connectivity index (χ3v) is 10.5. The number of esters is 1. The van der Waals surface area contributed by atoms with Crippen molar-refractivity contribution in [2.45, 2.75) is 198 Å². The van der Waals surface area contributed by atoms with Gasteiger partial charge in [-0.15, -0.1) is 0 Å². The number of hydrogen-bond donors (Lipinski definition) is 4. The Morgan fingerprint density at radius 3 is 1.67 bits per heavy atom. The largest absolute Gasteiger partial charge is 0.457 e. The molecule has 0 aromatic carbocycles. The summed E-state index contributed by atoms with van der Waals surface area (Å²) in [6.45, 7) is 3.78. The van der Waals surface area contributed by atoms with Gasteiger partial charge in [-0.25, -0.2) is 4.18 Å². The van der Waals surface area contributed by atoms with Gasteiger partial charge >= 0.3 is 16.4 Å². The van der Waals surface area contributed by atoms with E-state index in [2.05, 4.69) is 90.9 Å². The highest BCUT2D eigenvalue weighted by Gasteiger charge is 2.48. The first-order chi connectivity index (χ1) is 29.6. The number of carbonyl (C=O) groups excluding carboxylic acids is 1. The van der Waals surface area contributed by atoms with Crippen LogP contribution < -0.4 is 0 Å². The van der Waals surface area contributed by atoms with Crippen molar-refractivity contribution < 1.29 is 56.2 Å². The van der Waals surface area contributed by atoms with Gasteiger partial charge in [0.1, 0.15) is 30.5 Å². The average Bonchev–Trinajstić information content (AvgIpc) is 3.23. The fraction of sp³-hybridized carbons (Fsp3) is 0.729. The van der Waals surface area contributed by atoms with Crippen LogP contribution in [0.5, 0.6) is 0 Å². The quantitative estimate of drug-likeness (QED) is 0.0199. The van der Waals surface area contributed by atoms with Crippen molar-refractivity contribution >= 4 is 16.4 Å². The van der Waals surface area contributed by atoms with Crippen LogP contribution in [0.25, 0.3) is 0 Å². The third kappa shape index (κ3) is 32.8. The molecule has 0 spiro atoms. The number of allylic oxidation sites excluding steroid dienone is 12. The molecule has 0 saturated carbocycles. The Kier molecular flexibility index (Phi) is 36.3. The van der Waals surface area contributed by atoms with Gasteiger partial charge in [-0.1, -0.05) is 145 Å². The SMILES string of the molecule is CC/C=C\C/C=C\C/C=C\C/C=C\C/C=C\CCCCCCCCOCC(COC1OC(CO)C(O)C(OS(=O)(=O)O)C1O)OC(=O)CCCCCCC/C=C\CCCCC. The van der Waals surface area contributed by atoms with Crippen LogP contribution in [0.1, 0.15) is 162 Å². The first-order valence-electron chi connectivity index (χ1n) is 23.2. The van der Waals surface area contributed by atoms with Crippen molar-refractivity contribution in [2.24, 2.45) is 0 Å². The molecule has 13 heteroatoms. The Labute approximate surface area is 369 Å². The van der Waals surface area contributed by atoms with Crippen molar-refractivity contribution in [2.75, 3.05) is 26.4 Å². The summed E-state index contributed by atoms with van der Waals surface area (Å²) in [7, 11) is -5.07. The maximum absolute atomic E-state index is 12.8. The van der Waals surface area contributed by atoms with Gasteiger partial charge < -0.3 is 34.3 Å². The molecule has 6 atom stereocenters. The normalized spacial score (nSPS) is 20.8. The molecular formula is C48H82O12S. The molecule has 1 rings (SSSR count). The molecule has 0 aromatic heterocycles. The van der Waals surface area contributed by atoms with Crippen LogP contribution in [0.2, 0.25) is 0 Å².